The highest BCUT2D eigenvalue weighted by Gasteiger charge is 2.22. The van der Waals surface area contributed by atoms with Gasteiger partial charge in [0.05, 0.1) is 6.61 Å². The van der Waals surface area contributed by atoms with Crippen LogP contribution in [0.15, 0.2) is 0 Å². The van der Waals surface area contributed by atoms with Crippen LogP contribution >= 0.6 is 0 Å². The lowest BCUT2D eigenvalue weighted by Crippen LogP contribution is -2.08. The molecule has 0 saturated carbocycles. The van der Waals surface area contributed by atoms with E-state index in [1.54, 1.807) is 0 Å². The molecule has 0 spiro atoms. The monoisotopic (exact) mass is 190 g/mol. The van der Waals surface area contributed by atoms with Crippen molar-refractivity contribution in [2.24, 2.45) is 5.41 Å². The highest BCUT2D eigenvalue weighted by atomic mass is 16.5. The summed E-state index contributed by atoms with van der Waals surface area (Å²) in [6.45, 7) is 18.4. The van der Waals surface area contributed by atoms with Crippen LogP contribution in [0, 0.1) is 5.41 Å². The SMILES string of the molecule is CC.CC.CC.CC1(C)CCOC1. The van der Waals surface area contributed by atoms with Crippen LogP contribution in [0.3, 0.4) is 0 Å². The summed E-state index contributed by atoms with van der Waals surface area (Å²) in [6, 6.07) is 0. The van der Waals surface area contributed by atoms with E-state index >= 15 is 0 Å². The van der Waals surface area contributed by atoms with Crippen molar-refractivity contribution in [2.75, 3.05) is 13.2 Å². The Labute approximate surface area is 85.9 Å². The normalized spacial score (nSPS) is 16.6. The lowest BCUT2D eigenvalue weighted by atomic mass is 9.94. The van der Waals surface area contributed by atoms with E-state index in [1.165, 1.54) is 6.42 Å². The Hall–Kier alpha value is -0.0400. The zero-order chi connectivity index (χ0) is 11.3. The van der Waals surface area contributed by atoms with E-state index in [1.807, 2.05) is 41.5 Å². The van der Waals surface area contributed by atoms with Gasteiger partial charge in [-0.25, -0.2) is 0 Å². The topological polar surface area (TPSA) is 9.23 Å². The van der Waals surface area contributed by atoms with Gasteiger partial charge in [-0.2, -0.15) is 0 Å². The Morgan fingerprint density at radius 1 is 0.846 bits per heavy atom. The Bertz CT molecular complexity index is 59.5. The number of hydrogen-bond acceptors (Lipinski definition) is 1. The Morgan fingerprint density at radius 2 is 1.23 bits per heavy atom. The van der Waals surface area contributed by atoms with Crippen LogP contribution < -0.4 is 0 Å². The number of rotatable bonds is 0. The Balaban J connectivity index is -0.000000144. The molecule has 0 amide bonds. The van der Waals surface area contributed by atoms with Gasteiger partial charge >= 0.3 is 0 Å². The highest BCUT2D eigenvalue weighted by Crippen LogP contribution is 2.25. The van der Waals surface area contributed by atoms with Crippen molar-refractivity contribution >= 4 is 0 Å². The number of hydrogen-bond donors (Lipinski definition) is 0. The lowest BCUT2D eigenvalue weighted by Gasteiger charge is -2.11. The largest absolute Gasteiger partial charge is 0.381 e. The molecule has 1 saturated heterocycles. The molecule has 0 atom stereocenters. The summed E-state index contributed by atoms with van der Waals surface area (Å²) < 4.78 is 5.16. The Morgan fingerprint density at radius 3 is 1.31 bits per heavy atom. The van der Waals surface area contributed by atoms with Crippen LogP contribution in [0.4, 0.5) is 0 Å². The fourth-order valence-electron chi connectivity index (χ4n) is 0.769. The second kappa shape index (κ2) is 14.5. The van der Waals surface area contributed by atoms with Crippen LogP contribution in [-0.4, -0.2) is 13.2 Å². The molecule has 84 valence electrons. The van der Waals surface area contributed by atoms with E-state index in [0.717, 1.165) is 13.2 Å². The molecule has 1 fully saturated rings. The fraction of sp³-hybridized carbons (Fsp3) is 1.00. The van der Waals surface area contributed by atoms with Gasteiger partial charge in [-0.05, 0) is 11.8 Å². The van der Waals surface area contributed by atoms with Gasteiger partial charge in [0.2, 0.25) is 0 Å². The number of ether oxygens (including phenoxy) is 1. The zero-order valence-corrected chi connectivity index (χ0v) is 11.0. The molecule has 0 aromatic carbocycles. The molecule has 0 bridgehead atoms. The Kier molecular flexibility index (Phi) is 20.8. The maximum absolute atomic E-state index is 5.16. The molecule has 1 aliphatic heterocycles. The van der Waals surface area contributed by atoms with Crippen molar-refractivity contribution in [1.29, 1.82) is 0 Å². The van der Waals surface area contributed by atoms with Crippen LogP contribution in [-0.2, 0) is 4.74 Å². The third-order valence-electron chi connectivity index (χ3n) is 1.42. The molecule has 0 aromatic heterocycles. The molecule has 0 aliphatic carbocycles. The molecule has 1 rings (SSSR count). The maximum Gasteiger partial charge on any atom is 0.0517 e. The second-order valence-electron chi connectivity index (χ2n) is 2.97. The predicted octanol–water partition coefficient (Wildman–Crippen LogP) is 4.51. The van der Waals surface area contributed by atoms with E-state index in [4.69, 9.17) is 4.74 Å². The minimum atomic E-state index is 0.472. The summed E-state index contributed by atoms with van der Waals surface area (Å²) >= 11 is 0. The van der Waals surface area contributed by atoms with Crippen molar-refractivity contribution < 1.29 is 4.74 Å². The van der Waals surface area contributed by atoms with Crippen molar-refractivity contribution in [3.8, 4) is 0 Å². The fourth-order valence-corrected chi connectivity index (χ4v) is 0.769. The van der Waals surface area contributed by atoms with Gasteiger partial charge in [-0.15, -0.1) is 0 Å². The van der Waals surface area contributed by atoms with E-state index < -0.39 is 0 Å². The van der Waals surface area contributed by atoms with Gasteiger partial charge in [-0.1, -0.05) is 55.4 Å². The molecular formula is C12H30O. The third-order valence-corrected chi connectivity index (χ3v) is 1.42. The average Bonchev–Trinajstić information content (AvgIpc) is 2.60. The first-order valence-electron chi connectivity index (χ1n) is 5.78. The summed E-state index contributed by atoms with van der Waals surface area (Å²) in [5.41, 5.74) is 0.472. The first kappa shape index (κ1) is 18.7. The quantitative estimate of drug-likeness (QED) is 0.546. The average molecular weight is 190 g/mol. The molecule has 0 aromatic rings. The van der Waals surface area contributed by atoms with Gasteiger partial charge in [0.25, 0.3) is 0 Å². The van der Waals surface area contributed by atoms with Gasteiger partial charge in [-0.3, -0.25) is 0 Å². The van der Waals surface area contributed by atoms with Crippen molar-refractivity contribution in [3.63, 3.8) is 0 Å². The smallest absolute Gasteiger partial charge is 0.0517 e. The minimum Gasteiger partial charge on any atom is -0.381 e. The van der Waals surface area contributed by atoms with Gasteiger partial charge in [0, 0.05) is 6.61 Å². The molecule has 1 heterocycles. The van der Waals surface area contributed by atoms with Gasteiger partial charge in [0.1, 0.15) is 0 Å². The highest BCUT2D eigenvalue weighted by molar-refractivity contribution is 4.71. The van der Waals surface area contributed by atoms with Crippen molar-refractivity contribution in [1.82, 2.24) is 0 Å². The molecule has 1 heteroatoms. The summed E-state index contributed by atoms with van der Waals surface area (Å²) in [5, 5.41) is 0. The minimum absolute atomic E-state index is 0.472. The van der Waals surface area contributed by atoms with Crippen LogP contribution in [0.2, 0.25) is 0 Å². The molecular weight excluding hydrogens is 160 g/mol. The first-order chi connectivity index (χ1) is 6.21. The predicted molar refractivity (Wildman–Crippen MR) is 63.3 cm³/mol. The lowest BCUT2D eigenvalue weighted by molar-refractivity contribution is 0.167. The van der Waals surface area contributed by atoms with E-state index in [2.05, 4.69) is 13.8 Å². The van der Waals surface area contributed by atoms with Crippen molar-refractivity contribution in [3.05, 3.63) is 0 Å². The standard InChI is InChI=1S/C6H12O.3C2H6/c1-6(2)3-4-7-5-6;3*1-2/h3-5H2,1-2H3;3*1-2H3. The molecule has 13 heavy (non-hydrogen) atoms. The summed E-state index contributed by atoms with van der Waals surface area (Å²) in [6.07, 6.45) is 1.23. The second-order valence-corrected chi connectivity index (χ2v) is 2.97. The van der Waals surface area contributed by atoms with Crippen molar-refractivity contribution in [2.45, 2.75) is 61.8 Å². The third kappa shape index (κ3) is 14.8. The van der Waals surface area contributed by atoms with Gasteiger partial charge < -0.3 is 4.74 Å². The maximum atomic E-state index is 5.16. The van der Waals surface area contributed by atoms with E-state index in [0.29, 0.717) is 5.41 Å². The molecule has 0 N–H and O–H groups in total. The van der Waals surface area contributed by atoms with Crippen LogP contribution in [0.25, 0.3) is 0 Å². The van der Waals surface area contributed by atoms with Gasteiger partial charge in [0.15, 0.2) is 0 Å². The van der Waals surface area contributed by atoms with Crippen LogP contribution in [0.1, 0.15) is 61.8 Å². The molecule has 0 unspecified atom stereocenters. The van der Waals surface area contributed by atoms with E-state index in [-0.39, 0.29) is 0 Å². The first-order valence-corrected chi connectivity index (χ1v) is 5.78. The molecule has 1 aliphatic rings. The summed E-state index contributed by atoms with van der Waals surface area (Å²) in [5.74, 6) is 0. The molecule has 1 nitrogen and oxygen atoms in total. The summed E-state index contributed by atoms with van der Waals surface area (Å²) in [4.78, 5) is 0. The zero-order valence-electron chi connectivity index (χ0n) is 11.0. The molecule has 0 radical (unpaired) electrons. The summed E-state index contributed by atoms with van der Waals surface area (Å²) in [7, 11) is 0. The van der Waals surface area contributed by atoms with Crippen LogP contribution in [0.5, 0.6) is 0 Å². The van der Waals surface area contributed by atoms with E-state index in [9.17, 15) is 0 Å².